The van der Waals surface area contributed by atoms with Gasteiger partial charge in [0.2, 0.25) is 0 Å². The Morgan fingerprint density at radius 2 is 1.76 bits per heavy atom. The fraction of sp³-hybridized carbons (Fsp3) is 0.926. The summed E-state index contributed by atoms with van der Waals surface area (Å²) in [6, 6.07) is 0. The summed E-state index contributed by atoms with van der Waals surface area (Å²) in [5.41, 5.74) is 0.107. The minimum Gasteiger partial charge on any atom is -0.464 e. The van der Waals surface area contributed by atoms with E-state index in [1.165, 1.54) is 0 Å². The van der Waals surface area contributed by atoms with Crippen LogP contribution in [0.4, 0.5) is 8.78 Å². The third-order valence-corrected chi connectivity index (χ3v) is 12.1. The van der Waals surface area contributed by atoms with Crippen LogP contribution >= 0.6 is 0 Å². The van der Waals surface area contributed by atoms with Crippen molar-refractivity contribution in [2.45, 2.75) is 102 Å². The van der Waals surface area contributed by atoms with Gasteiger partial charge >= 0.3 is 21.3 Å². The standard InChI is InChI=1S/C27H42F2O8S/c1-16(4-7-23(32)36-14-27(28,29)38(33,34)35)19-5-6-20-24-21(9-11-26(19,20)3)25(2)10-8-18(31)12-17(25)13-22(24)37-15-30/h15-22,24,31H,4-14H2,1-3H3,(H,33,34,35)/t16-,17?,18-,19-,20+,21+,22-,24+,25+,26-/m1/s1. The first kappa shape index (κ1) is 29.6. The first-order valence-electron chi connectivity index (χ1n) is 13.9. The van der Waals surface area contributed by atoms with Gasteiger partial charge in [-0.05, 0) is 98.2 Å². The molecule has 4 aliphatic rings. The number of esters is 1. The number of aliphatic hydroxyl groups excluding tert-OH is 1. The number of ether oxygens (including phenoxy) is 2. The highest BCUT2D eigenvalue weighted by molar-refractivity contribution is 7.86. The van der Waals surface area contributed by atoms with Gasteiger partial charge in [-0.1, -0.05) is 20.8 Å². The van der Waals surface area contributed by atoms with Crippen LogP contribution in [0.3, 0.4) is 0 Å². The molecule has 4 rings (SSSR count). The van der Waals surface area contributed by atoms with E-state index in [0.29, 0.717) is 36.6 Å². The average Bonchev–Trinajstić information content (AvgIpc) is 3.19. The molecule has 0 aliphatic heterocycles. The number of hydrogen-bond acceptors (Lipinski definition) is 7. The molecule has 0 amide bonds. The summed E-state index contributed by atoms with van der Waals surface area (Å²) in [6.45, 7) is 5.60. The van der Waals surface area contributed by atoms with Gasteiger partial charge in [-0.15, -0.1) is 0 Å². The third-order valence-electron chi connectivity index (χ3n) is 11.2. The summed E-state index contributed by atoms with van der Waals surface area (Å²) in [7, 11) is -5.65. The number of carbonyl (C=O) groups is 2. The van der Waals surface area contributed by atoms with E-state index >= 15 is 0 Å². The lowest BCUT2D eigenvalue weighted by molar-refractivity contribution is -0.187. The fourth-order valence-corrected chi connectivity index (χ4v) is 9.43. The van der Waals surface area contributed by atoms with Crippen LogP contribution in [0.15, 0.2) is 0 Å². The number of aliphatic hydroxyl groups is 1. The highest BCUT2D eigenvalue weighted by Crippen LogP contribution is 2.68. The molecule has 0 aromatic carbocycles. The SMILES string of the molecule is C[C@H](CCC(=O)OCC(F)(F)S(=O)(=O)O)[C@H]1CC[C@H]2[C@@H]3[C@H](OC=O)CC4C[C@H](O)CC[C@]4(C)[C@H]3CC[C@]12C. The van der Waals surface area contributed by atoms with Crippen molar-refractivity contribution >= 4 is 22.6 Å². The molecule has 4 fully saturated rings. The highest BCUT2D eigenvalue weighted by Gasteiger charge is 2.63. The maximum absolute atomic E-state index is 13.4. The first-order chi connectivity index (χ1) is 17.6. The van der Waals surface area contributed by atoms with E-state index in [0.717, 1.165) is 51.4 Å². The summed E-state index contributed by atoms with van der Waals surface area (Å²) in [6.07, 6.45) is 7.18. The van der Waals surface area contributed by atoms with Crippen LogP contribution in [0.25, 0.3) is 0 Å². The lowest BCUT2D eigenvalue weighted by Gasteiger charge is -2.62. The second-order valence-electron chi connectivity index (χ2n) is 12.9. The number of rotatable bonds is 9. The van der Waals surface area contributed by atoms with Gasteiger partial charge in [0.05, 0.1) is 6.10 Å². The van der Waals surface area contributed by atoms with Crippen LogP contribution in [0.5, 0.6) is 0 Å². The predicted octanol–water partition coefficient (Wildman–Crippen LogP) is 4.60. The van der Waals surface area contributed by atoms with Crippen LogP contribution in [-0.2, 0) is 29.2 Å². The van der Waals surface area contributed by atoms with Gasteiger partial charge in [0.15, 0.2) is 6.61 Å². The van der Waals surface area contributed by atoms with E-state index in [-0.39, 0.29) is 41.3 Å². The van der Waals surface area contributed by atoms with E-state index in [1.807, 2.05) is 0 Å². The molecule has 2 N–H and O–H groups in total. The van der Waals surface area contributed by atoms with Crippen LogP contribution in [0.1, 0.15) is 85.0 Å². The average molecular weight is 565 g/mol. The number of halogens is 2. The zero-order valence-electron chi connectivity index (χ0n) is 22.5. The lowest BCUT2D eigenvalue weighted by Crippen LogP contribution is -2.59. The van der Waals surface area contributed by atoms with E-state index in [2.05, 4.69) is 25.5 Å². The largest absolute Gasteiger partial charge is 0.464 e. The van der Waals surface area contributed by atoms with Gasteiger partial charge in [-0.25, -0.2) is 0 Å². The van der Waals surface area contributed by atoms with Gasteiger partial charge in [0.25, 0.3) is 6.47 Å². The molecule has 0 aromatic rings. The summed E-state index contributed by atoms with van der Waals surface area (Å²) in [4.78, 5) is 23.6. The van der Waals surface area contributed by atoms with Crippen LogP contribution in [0, 0.1) is 46.3 Å². The topological polar surface area (TPSA) is 127 Å². The Balaban J connectivity index is 1.43. The number of fused-ring (bicyclic) bond motifs is 5. The highest BCUT2D eigenvalue weighted by atomic mass is 32.2. The van der Waals surface area contributed by atoms with E-state index in [9.17, 15) is 31.9 Å². The molecule has 0 bridgehead atoms. The van der Waals surface area contributed by atoms with Crippen molar-refractivity contribution in [2.24, 2.45) is 46.3 Å². The molecule has 4 aliphatic carbocycles. The van der Waals surface area contributed by atoms with Crippen molar-refractivity contribution in [3.63, 3.8) is 0 Å². The van der Waals surface area contributed by atoms with E-state index in [1.54, 1.807) is 0 Å². The number of alkyl halides is 2. The van der Waals surface area contributed by atoms with Crippen molar-refractivity contribution in [1.29, 1.82) is 0 Å². The lowest BCUT2D eigenvalue weighted by atomic mass is 9.43. The maximum atomic E-state index is 13.4. The molecule has 0 spiro atoms. The second kappa shape index (κ2) is 10.6. The molecular formula is C27H42F2O8S. The Morgan fingerprint density at radius 1 is 1.11 bits per heavy atom. The fourth-order valence-electron chi connectivity index (χ4n) is 9.22. The summed E-state index contributed by atoms with van der Waals surface area (Å²) >= 11 is 0. The minimum atomic E-state index is -5.65. The molecule has 38 heavy (non-hydrogen) atoms. The van der Waals surface area contributed by atoms with E-state index in [4.69, 9.17) is 9.29 Å². The van der Waals surface area contributed by atoms with Crippen molar-refractivity contribution < 1.29 is 45.9 Å². The molecule has 218 valence electrons. The van der Waals surface area contributed by atoms with Crippen molar-refractivity contribution in [1.82, 2.24) is 0 Å². The molecule has 8 nitrogen and oxygen atoms in total. The summed E-state index contributed by atoms with van der Waals surface area (Å²) in [5, 5.41) is 5.81. The monoisotopic (exact) mass is 564 g/mol. The van der Waals surface area contributed by atoms with Gasteiger partial charge < -0.3 is 14.6 Å². The molecule has 1 unspecified atom stereocenters. The second-order valence-corrected chi connectivity index (χ2v) is 14.5. The van der Waals surface area contributed by atoms with Crippen LogP contribution in [0.2, 0.25) is 0 Å². The van der Waals surface area contributed by atoms with Crippen LogP contribution in [-0.4, -0.2) is 54.6 Å². The molecule has 11 heteroatoms. The number of carbonyl (C=O) groups excluding carboxylic acids is 2. The third kappa shape index (κ3) is 5.23. The predicted molar refractivity (Wildman–Crippen MR) is 133 cm³/mol. The van der Waals surface area contributed by atoms with Crippen molar-refractivity contribution in [3.05, 3.63) is 0 Å². The molecule has 0 heterocycles. The Hall–Kier alpha value is -1.33. The first-order valence-corrected chi connectivity index (χ1v) is 15.4. The zero-order valence-corrected chi connectivity index (χ0v) is 23.3. The Kier molecular flexibility index (Phi) is 8.25. The summed E-state index contributed by atoms with van der Waals surface area (Å²) in [5.74, 6) is 0.856. The molecule has 4 saturated carbocycles. The Bertz CT molecular complexity index is 1010. The van der Waals surface area contributed by atoms with E-state index < -0.39 is 27.9 Å². The van der Waals surface area contributed by atoms with Gasteiger partial charge in [0.1, 0.15) is 6.10 Å². The Labute approximate surface area is 224 Å². The van der Waals surface area contributed by atoms with Crippen molar-refractivity contribution in [2.75, 3.05) is 6.61 Å². The molecule has 0 saturated heterocycles. The van der Waals surface area contributed by atoms with Gasteiger partial charge in [-0.2, -0.15) is 17.2 Å². The van der Waals surface area contributed by atoms with Crippen molar-refractivity contribution in [3.8, 4) is 0 Å². The number of hydrogen-bond donors (Lipinski definition) is 2. The molecule has 10 atom stereocenters. The maximum Gasteiger partial charge on any atom is 0.402 e. The Morgan fingerprint density at radius 3 is 2.42 bits per heavy atom. The van der Waals surface area contributed by atoms with Gasteiger partial charge in [-0.3, -0.25) is 14.1 Å². The minimum absolute atomic E-state index is 0.00957. The molecular weight excluding hydrogens is 522 g/mol. The quantitative estimate of drug-likeness (QED) is 0.236. The molecule has 0 aromatic heterocycles. The normalized spacial score (nSPS) is 41.8. The van der Waals surface area contributed by atoms with Gasteiger partial charge in [0, 0.05) is 12.3 Å². The smallest absolute Gasteiger partial charge is 0.402 e. The summed E-state index contributed by atoms with van der Waals surface area (Å²) < 4.78 is 67.0. The molecule has 0 radical (unpaired) electrons. The van der Waals surface area contributed by atoms with Crippen LogP contribution < -0.4 is 0 Å². The zero-order chi connectivity index (χ0) is 28.1.